The Kier molecular flexibility index (Phi) is 5.37. The van der Waals surface area contributed by atoms with Gasteiger partial charge in [0.25, 0.3) is 0 Å². The van der Waals surface area contributed by atoms with Crippen LogP contribution in [0.4, 0.5) is 0 Å². The van der Waals surface area contributed by atoms with E-state index in [4.69, 9.17) is 4.74 Å². The van der Waals surface area contributed by atoms with Crippen molar-refractivity contribution >= 4 is 11.8 Å². The van der Waals surface area contributed by atoms with Crippen molar-refractivity contribution in [2.24, 2.45) is 0 Å². The summed E-state index contributed by atoms with van der Waals surface area (Å²) in [4.78, 5) is 27.7. The molecule has 0 saturated carbocycles. The van der Waals surface area contributed by atoms with Gasteiger partial charge in [0.2, 0.25) is 11.8 Å². The summed E-state index contributed by atoms with van der Waals surface area (Å²) in [6.07, 6.45) is 2.01. The molecular weight excluding hydrogens is 258 g/mol. The van der Waals surface area contributed by atoms with Gasteiger partial charge in [-0.1, -0.05) is 0 Å². The fourth-order valence-electron chi connectivity index (χ4n) is 2.97. The maximum Gasteiger partial charge on any atom is 0.239 e. The van der Waals surface area contributed by atoms with Crippen LogP contribution in [-0.2, 0) is 14.3 Å². The van der Waals surface area contributed by atoms with Crippen molar-refractivity contribution in [1.82, 2.24) is 15.1 Å². The Morgan fingerprint density at radius 3 is 2.60 bits per heavy atom. The molecule has 2 aliphatic rings. The molecule has 0 spiro atoms. The van der Waals surface area contributed by atoms with E-state index in [0.29, 0.717) is 26.3 Å². The molecule has 6 heteroatoms. The molecule has 6 nitrogen and oxygen atoms in total. The molecule has 1 N–H and O–H groups in total. The second-order valence-electron chi connectivity index (χ2n) is 5.65. The summed E-state index contributed by atoms with van der Waals surface area (Å²) in [5.41, 5.74) is 0. The van der Waals surface area contributed by atoms with Crippen molar-refractivity contribution in [2.45, 2.75) is 38.8 Å². The van der Waals surface area contributed by atoms with Gasteiger partial charge in [-0.05, 0) is 26.3 Å². The maximum atomic E-state index is 12.5. The number of nitrogens with zero attached hydrogens (tertiary/aromatic N) is 2. The SMILES string of the molecule is CC(=O)NC1CCCN(C(C)C(=O)N2CCOCC2)C1. The number of amides is 2. The summed E-state index contributed by atoms with van der Waals surface area (Å²) in [5, 5.41) is 2.96. The summed E-state index contributed by atoms with van der Waals surface area (Å²) < 4.78 is 5.28. The Bertz CT molecular complexity index is 356. The van der Waals surface area contributed by atoms with Crippen LogP contribution in [0, 0.1) is 0 Å². The van der Waals surface area contributed by atoms with Crippen LogP contribution in [0.25, 0.3) is 0 Å². The maximum absolute atomic E-state index is 12.5. The molecule has 2 heterocycles. The van der Waals surface area contributed by atoms with Crippen molar-refractivity contribution in [3.05, 3.63) is 0 Å². The molecule has 2 fully saturated rings. The third kappa shape index (κ3) is 3.93. The number of morpholine rings is 1. The first kappa shape index (κ1) is 15.3. The van der Waals surface area contributed by atoms with E-state index in [-0.39, 0.29) is 23.9 Å². The van der Waals surface area contributed by atoms with Gasteiger partial charge in [-0.2, -0.15) is 0 Å². The lowest BCUT2D eigenvalue weighted by Crippen LogP contribution is -2.55. The van der Waals surface area contributed by atoms with E-state index in [1.807, 2.05) is 11.8 Å². The summed E-state index contributed by atoms with van der Waals surface area (Å²) in [7, 11) is 0. The van der Waals surface area contributed by atoms with Crippen LogP contribution in [0.15, 0.2) is 0 Å². The third-order valence-electron chi connectivity index (χ3n) is 4.09. The Morgan fingerprint density at radius 2 is 1.95 bits per heavy atom. The summed E-state index contributed by atoms with van der Waals surface area (Å²) in [5.74, 6) is 0.181. The summed E-state index contributed by atoms with van der Waals surface area (Å²) in [6, 6.07) is 0.0471. The monoisotopic (exact) mass is 283 g/mol. The molecule has 2 aliphatic heterocycles. The number of rotatable bonds is 3. The Labute approximate surface area is 120 Å². The first-order valence-corrected chi connectivity index (χ1v) is 7.45. The van der Waals surface area contributed by atoms with Gasteiger partial charge in [0.1, 0.15) is 0 Å². The zero-order valence-corrected chi connectivity index (χ0v) is 12.4. The highest BCUT2D eigenvalue weighted by molar-refractivity contribution is 5.81. The van der Waals surface area contributed by atoms with Crippen LogP contribution in [0.3, 0.4) is 0 Å². The highest BCUT2D eigenvalue weighted by Crippen LogP contribution is 2.15. The molecule has 2 atom stereocenters. The number of ether oxygens (including phenoxy) is 1. The second-order valence-corrected chi connectivity index (χ2v) is 5.65. The van der Waals surface area contributed by atoms with Crippen LogP contribution >= 0.6 is 0 Å². The van der Waals surface area contributed by atoms with E-state index in [1.54, 1.807) is 6.92 Å². The fraction of sp³-hybridized carbons (Fsp3) is 0.857. The lowest BCUT2D eigenvalue weighted by molar-refractivity contribution is -0.141. The third-order valence-corrected chi connectivity index (χ3v) is 4.09. The lowest BCUT2D eigenvalue weighted by Gasteiger charge is -2.38. The number of nitrogens with one attached hydrogen (secondary N) is 1. The Morgan fingerprint density at radius 1 is 1.25 bits per heavy atom. The van der Waals surface area contributed by atoms with E-state index in [1.165, 1.54) is 0 Å². The fourth-order valence-corrected chi connectivity index (χ4v) is 2.97. The number of hydrogen-bond acceptors (Lipinski definition) is 4. The minimum Gasteiger partial charge on any atom is -0.378 e. The molecule has 20 heavy (non-hydrogen) atoms. The van der Waals surface area contributed by atoms with Gasteiger partial charge in [0.05, 0.1) is 19.3 Å². The number of piperidine rings is 1. The Balaban J connectivity index is 1.88. The van der Waals surface area contributed by atoms with Crippen LogP contribution < -0.4 is 5.32 Å². The number of carbonyl (C=O) groups excluding carboxylic acids is 2. The smallest absolute Gasteiger partial charge is 0.239 e. The van der Waals surface area contributed by atoms with E-state index in [9.17, 15) is 9.59 Å². The van der Waals surface area contributed by atoms with Gasteiger partial charge >= 0.3 is 0 Å². The minimum atomic E-state index is -0.121. The largest absolute Gasteiger partial charge is 0.378 e. The molecule has 2 saturated heterocycles. The molecule has 0 aromatic rings. The standard InChI is InChI=1S/C14H25N3O3/c1-11(14(19)16-6-8-20-9-7-16)17-5-3-4-13(10-17)15-12(2)18/h11,13H,3-10H2,1-2H3,(H,15,18). The van der Waals surface area contributed by atoms with Crippen LogP contribution in [0.1, 0.15) is 26.7 Å². The molecule has 2 amide bonds. The van der Waals surface area contributed by atoms with Gasteiger partial charge in [0.15, 0.2) is 0 Å². The van der Waals surface area contributed by atoms with Crippen molar-refractivity contribution < 1.29 is 14.3 Å². The highest BCUT2D eigenvalue weighted by Gasteiger charge is 2.30. The van der Waals surface area contributed by atoms with Crippen molar-refractivity contribution in [1.29, 1.82) is 0 Å². The van der Waals surface area contributed by atoms with Crippen LogP contribution in [-0.4, -0.2) is 73.1 Å². The average molecular weight is 283 g/mol. The normalized spacial score (nSPS) is 26.1. The van der Waals surface area contributed by atoms with Crippen molar-refractivity contribution in [3.8, 4) is 0 Å². The van der Waals surface area contributed by atoms with Gasteiger partial charge in [-0.15, -0.1) is 0 Å². The van der Waals surface area contributed by atoms with E-state index in [0.717, 1.165) is 25.9 Å². The molecule has 2 rings (SSSR count). The van der Waals surface area contributed by atoms with Gasteiger partial charge in [0, 0.05) is 32.6 Å². The molecule has 0 radical (unpaired) electrons. The summed E-state index contributed by atoms with van der Waals surface area (Å²) in [6.45, 7) is 7.83. The van der Waals surface area contributed by atoms with E-state index < -0.39 is 0 Å². The number of carbonyl (C=O) groups is 2. The van der Waals surface area contributed by atoms with E-state index >= 15 is 0 Å². The molecule has 0 aliphatic carbocycles. The minimum absolute atomic E-state index is 0.00371. The molecule has 0 aromatic carbocycles. The molecule has 0 bridgehead atoms. The average Bonchev–Trinajstić information content (AvgIpc) is 2.46. The van der Waals surface area contributed by atoms with E-state index in [2.05, 4.69) is 10.2 Å². The van der Waals surface area contributed by atoms with Gasteiger partial charge in [-0.25, -0.2) is 0 Å². The predicted molar refractivity (Wildman–Crippen MR) is 75.3 cm³/mol. The van der Waals surface area contributed by atoms with Crippen molar-refractivity contribution in [3.63, 3.8) is 0 Å². The highest BCUT2D eigenvalue weighted by atomic mass is 16.5. The molecule has 0 aromatic heterocycles. The van der Waals surface area contributed by atoms with Gasteiger partial charge < -0.3 is 15.0 Å². The second kappa shape index (κ2) is 7.04. The predicted octanol–water partition coefficient (Wildman–Crippen LogP) is -0.166. The molecule has 114 valence electrons. The zero-order valence-electron chi connectivity index (χ0n) is 12.4. The number of hydrogen-bond donors (Lipinski definition) is 1. The number of likely N-dealkylation sites (tertiary alicyclic amines) is 1. The van der Waals surface area contributed by atoms with Gasteiger partial charge in [-0.3, -0.25) is 14.5 Å². The van der Waals surface area contributed by atoms with Crippen molar-refractivity contribution in [2.75, 3.05) is 39.4 Å². The molecular formula is C14H25N3O3. The van der Waals surface area contributed by atoms with Crippen LogP contribution in [0.2, 0.25) is 0 Å². The summed E-state index contributed by atoms with van der Waals surface area (Å²) >= 11 is 0. The van der Waals surface area contributed by atoms with Crippen LogP contribution in [0.5, 0.6) is 0 Å². The Hall–Kier alpha value is -1.14. The zero-order chi connectivity index (χ0) is 14.5. The first-order chi connectivity index (χ1) is 9.58. The quantitative estimate of drug-likeness (QED) is 0.781. The molecule has 2 unspecified atom stereocenters. The topological polar surface area (TPSA) is 61.9 Å². The lowest BCUT2D eigenvalue weighted by atomic mass is 10.0. The first-order valence-electron chi connectivity index (χ1n) is 7.45.